The van der Waals surface area contributed by atoms with E-state index in [4.69, 9.17) is 27.9 Å². The molecule has 3 rings (SSSR count). The van der Waals surface area contributed by atoms with E-state index in [0.717, 1.165) is 11.1 Å². The van der Waals surface area contributed by atoms with Crippen LogP contribution < -0.4 is 10.6 Å². The van der Waals surface area contributed by atoms with Crippen LogP contribution in [0.2, 0.25) is 10.0 Å². The fraction of sp³-hybridized carbons (Fsp3) is 0.238. The van der Waals surface area contributed by atoms with Crippen molar-refractivity contribution < 1.29 is 19.1 Å². The molecule has 8 nitrogen and oxygen atoms in total. The van der Waals surface area contributed by atoms with Crippen LogP contribution >= 0.6 is 23.2 Å². The first-order valence-corrected chi connectivity index (χ1v) is 10.2. The van der Waals surface area contributed by atoms with Crippen LogP contribution in [-0.2, 0) is 14.3 Å². The quantitative estimate of drug-likeness (QED) is 0.443. The van der Waals surface area contributed by atoms with Gasteiger partial charge in [-0.15, -0.1) is 0 Å². The highest BCUT2D eigenvalue weighted by atomic mass is 35.5. The Morgan fingerprint density at radius 2 is 1.90 bits per heavy atom. The topological polar surface area (TPSA) is 113 Å². The SMILES string of the molecule is CC(NC(=O)COC(=O)CCNC(=O)c1n[nH]c2ccccc12)c1ccc(Cl)c(Cl)c1. The Kier molecular flexibility index (Phi) is 7.49. The number of rotatable bonds is 8. The van der Waals surface area contributed by atoms with E-state index in [9.17, 15) is 14.4 Å². The number of fused-ring (bicyclic) bond motifs is 1. The minimum absolute atomic E-state index is 0.0557. The van der Waals surface area contributed by atoms with Crippen molar-refractivity contribution in [3.05, 3.63) is 63.8 Å². The third kappa shape index (κ3) is 5.96. The fourth-order valence-electron chi connectivity index (χ4n) is 2.86. The maximum atomic E-state index is 12.2. The summed E-state index contributed by atoms with van der Waals surface area (Å²) >= 11 is 11.9. The van der Waals surface area contributed by atoms with Crippen LogP contribution in [-0.4, -0.2) is 41.1 Å². The number of benzene rings is 2. The molecule has 0 radical (unpaired) electrons. The lowest BCUT2D eigenvalue weighted by molar-refractivity contribution is -0.148. The van der Waals surface area contributed by atoms with Gasteiger partial charge in [-0.2, -0.15) is 5.10 Å². The van der Waals surface area contributed by atoms with Gasteiger partial charge in [0.1, 0.15) is 0 Å². The molecule has 1 aromatic heterocycles. The van der Waals surface area contributed by atoms with E-state index in [1.54, 1.807) is 37.3 Å². The maximum Gasteiger partial charge on any atom is 0.308 e. The normalized spacial score (nSPS) is 11.7. The minimum atomic E-state index is -0.607. The molecule has 162 valence electrons. The Hall–Kier alpha value is -3.10. The van der Waals surface area contributed by atoms with Gasteiger partial charge in [-0.3, -0.25) is 19.5 Å². The number of ether oxygens (including phenoxy) is 1. The fourth-order valence-corrected chi connectivity index (χ4v) is 3.17. The van der Waals surface area contributed by atoms with Crippen molar-refractivity contribution in [2.75, 3.05) is 13.2 Å². The predicted octanol–water partition coefficient (Wildman–Crippen LogP) is 3.41. The molecule has 0 aliphatic rings. The van der Waals surface area contributed by atoms with Crippen LogP contribution in [0.4, 0.5) is 0 Å². The number of halogens is 2. The Bertz CT molecular complexity index is 1120. The van der Waals surface area contributed by atoms with Gasteiger partial charge in [0, 0.05) is 11.9 Å². The number of para-hydroxylation sites is 1. The first-order valence-electron chi connectivity index (χ1n) is 9.46. The third-order valence-electron chi connectivity index (χ3n) is 4.49. The number of hydrogen-bond donors (Lipinski definition) is 3. The Morgan fingerprint density at radius 1 is 1.13 bits per heavy atom. The van der Waals surface area contributed by atoms with Crippen LogP contribution in [0.5, 0.6) is 0 Å². The van der Waals surface area contributed by atoms with E-state index in [1.807, 2.05) is 12.1 Å². The second-order valence-electron chi connectivity index (χ2n) is 6.75. The maximum absolute atomic E-state index is 12.2. The zero-order chi connectivity index (χ0) is 22.4. The van der Waals surface area contributed by atoms with E-state index in [2.05, 4.69) is 20.8 Å². The number of carbonyl (C=O) groups is 3. The summed E-state index contributed by atoms with van der Waals surface area (Å²) in [5, 5.41) is 13.6. The number of H-pyrrole nitrogens is 1. The van der Waals surface area contributed by atoms with E-state index < -0.39 is 24.4 Å². The number of hydrogen-bond acceptors (Lipinski definition) is 5. The molecule has 1 heterocycles. The number of nitrogens with one attached hydrogen (secondary N) is 3. The smallest absolute Gasteiger partial charge is 0.308 e. The molecule has 0 aliphatic heterocycles. The Balaban J connectivity index is 1.39. The van der Waals surface area contributed by atoms with Gasteiger partial charge in [0.15, 0.2) is 12.3 Å². The van der Waals surface area contributed by atoms with Crippen LogP contribution in [0.1, 0.15) is 35.4 Å². The highest BCUT2D eigenvalue weighted by Gasteiger charge is 2.15. The van der Waals surface area contributed by atoms with E-state index in [1.165, 1.54) is 0 Å². The average molecular weight is 463 g/mol. The van der Waals surface area contributed by atoms with Crippen molar-refractivity contribution >= 4 is 51.9 Å². The molecule has 0 fully saturated rings. The zero-order valence-corrected chi connectivity index (χ0v) is 18.1. The molecule has 1 unspecified atom stereocenters. The van der Waals surface area contributed by atoms with Crippen molar-refractivity contribution in [3.8, 4) is 0 Å². The number of nitrogens with zero attached hydrogens (tertiary/aromatic N) is 1. The van der Waals surface area contributed by atoms with Gasteiger partial charge in [-0.25, -0.2) is 0 Å². The van der Waals surface area contributed by atoms with Crippen molar-refractivity contribution in [1.29, 1.82) is 0 Å². The van der Waals surface area contributed by atoms with Gasteiger partial charge in [-0.05, 0) is 30.7 Å². The molecule has 0 bridgehead atoms. The van der Waals surface area contributed by atoms with Crippen LogP contribution in [0.15, 0.2) is 42.5 Å². The molecule has 0 saturated heterocycles. The van der Waals surface area contributed by atoms with Crippen molar-refractivity contribution in [3.63, 3.8) is 0 Å². The highest BCUT2D eigenvalue weighted by Crippen LogP contribution is 2.25. The van der Waals surface area contributed by atoms with Gasteiger partial charge < -0.3 is 15.4 Å². The standard InChI is InChI=1S/C21H20Cl2N4O4/c1-12(13-6-7-15(22)16(23)10-13)25-18(28)11-31-19(29)8-9-24-21(30)20-14-4-2-3-5-17(14)26-27-20/h2-7,10,12H,8-9,11H2,1H3,(H,24,30)(H,25,28)(H,26,27). The van der Waals surface area contributed by atoms with Crippen LogP contribution in [0, 0.1) is 0 Å². The molecule has 0 spiro atoms. The summed E-state index contributed by atoms with van der Waals surface area (Å²) in [6, 6.07) is 11.9. The molecule has 0 aliphatic carbocycles. The van der Waals surface area contributed by atoms with Crippen molar-refractivity contribution in [2.45, 2.75) is 19.4 Å². The number of carbonyl (C=O) groups excluding carboxylic acids is 3. The molecule has 1 atom stereocenters. The van der Waals surface area contributed by atoms with Gasteiger partial charge in [0.2, 0.25) is 0 Å². The summed E-state index contributed by atoms with van der Waals surface area (Å²) in [5.74, 6) is -1.47. The van der Waals surface area contributed by atoms with Crippen LogP contribution in [0.3, 0.4) is 0 Å². The molecular formula is C21H20Cl2N4O4. The summed E-state index contributed by atoms with van der Waals surface area (Å²) in [6.45, 7) is 1.40. The Morgan fingerprint density at radius 3 is 2.68 bits per heavy atom. The molecule has 2 aromatic carbocycles. The highest BCUT2D eigenvalue weighted by molar-refractivity contribution is 6.42. The predicted molar refractivity (Wildman–Crippen MR) is 117 cm³/mol. The Labute approximate surface area is 188 Å². The lowest BCUT2D eigenvalue weighted by atomic mass is 10.1. The number of aromatic amines is 1. The van der Waals surface area contributed by atoms with Gasteiger partial charge in [0.05, 0.1) is 28.0 Å². The van der Waals surface area contributed by atoms with Crippen LogP contribution in [0.25, 0.3) is 10.9 Å². The first kappa shape index (κ1) is 22.6. The minimum Gasteiger partial charge on any atom is -0.456 e. The monoisotopic (exact) mass is 462 g/mol. The lowest BCUT2D eigenvalue weighted by Gasteiger charge is -2.15. The molecule has 3 aromatic rings. The molecule has 2 amide bonds. The molecular weight excluding hydrogens is 443 g/mol. The third-order valence-corrected chi connectivity index (χ3v) is 5.22. The molecule has 0 saturated carbocycles. The van der Waals surface area contributed by atoms with Crippen molar-refractivity contribution in [1.82, 2.24) is 20.8 Å². The zero-order valence-electron chi connectivity index (χ0n) is 16.6. The summed E-state index contributed by atoms with van der Waals surface area (Å²) in [7, 11) is 0. The van der Waals surface area contributed by atoms with Gasteiger partial charge in [-0.1, -0.05) is 47.5 Å². The van der Waals surface area contributed by atoms with Gasteiger partial charge in [0.25, 0.3) is 11.8 Å². The largest absolute Gasteiger partial charge is 0.456 e. The molecule has 31 heavy (non-hydrogen) atoms. The second-order valence-corrected chi connectivity index (χ2v) is 7.56. The number of esters is 1. The van der Waals surface area contributed by atoms with E-state index in [0.29, 0.717) is 15.4 Å². The lowest BCUT2D eigenvalue weighted by Crippen LogP contribution is -2.32. The van der Waals surface area contributed by atoms with E-state index in [-0.39, 0.29) is 24.7 Å². The van der Waals surface area contributed by atoms with Gasteiger partial charge >= 0.3 is 5.97 Å². The first-order chi connectivity index (χ1) is 14.8. The van der Waals surface area contributed by atoms with E-state index >= 15 is 0 Å². The molecule has 10 heteroatoms. The summed E-state index contributed by atoms with van der Waals surface area (Å²) in [6.07, 6.45) is -0.0796. The molecule has 3 N–H and O–H groups in total. The summed E-state index contributed by atoms with van der Waals surface area (Å²) in [5.41, 5.74) is 1.76. The number of aromatic nitrogens is 2. The average Bonchev–Trinajstić information content (AvgIpc) is 3.18. The second kappa shape index (κ2) is 10.3. The summed E-state index contributed by atoms with van der Waals surface area (Å²) < 4.78 is 4.95. The summed E-state index contributed by atoms with van der Waals surface area (Å²) in [4.78, 5) is 36.1. The number of amides is 2. The van der Waals surface area contributed by atoms with Crippen molar-refractivity contribution in [2.24, 2.45) is 0 Å².